The van der Waals surface area contributed by atoms with Crippen molar-refractivity contribution in [1.29, 1.82) is 0 Å². The maximum absolute atomic E-state index is 12.0. The van der Waals surface area contributed by atoms with Crippen molar-refractivity contribution in [2.75, 3.05) is 0 Å². The van der Waals surface area contributed by atoms with E-state index in [0.29, 0.717) is 11.1 Å². The average Bonchev–Trinajstić information content (AvgIpc) is 2.45. The van der Waals surface area contributed by atoms with Crippen LogP contribution in [0.2, 0.25) is 0 Å². The fourth-order valence-corrected chi connectivity index (χ4v) is 2.14. The molecule has 0 aliphatic carbocycles. The van der Waals surface area contributed by atoms with Crippen molar-refractivity contribution in [3.8, 4) is 11.1 Å². The van der Waals surface area contributed by atoms with E-state index < -0.39 is 16.5 Å². The quantitative estimate of drug-likeness (QED) is 0.489. The van der Waals surface area contributed by atoms with Gasteiger partial charge in [-0.2, -0.15) is 0 Å². The first-order valence-electron chi connectivity index (χ1n) is 7.15. The number of rotatable bonds is 4. The number of non-ortho nitro benzene ring substituents is 1. The summed E-state index contributed by atoms with van der Waals surface area (Å²) in [5.74, 6) is -0.418. The van der Waals surface area contributed by atoms with Crippen LogP contribution in [-0.2, 0) is 16.0 Å². The van der Waals surface area contributed by atoms with Crippen LogP contribution in [0.4, 0.5) is 5.69 Å². The van der Waals surface area contributed by atoms with Gasteiger partial charge in [-0.15, -0.1) is 0 Å². The molecule has 120 valence electrons. The van der Waals surface area contributed by atoms with Crippen LogP contribution >= 0.6 is 0 Å². The third kappa shape index (κ3) is 4.88. The number of hydrogen-bond acceptors (Lipinski definition) is 5. The number of aromatic nitrogens is 1. The molecular weight excluding hydrogens is 296 g/mol. The number of nitro groups is 1. The molecule has 2 rings (SSSR count). The van der Waals surface area contributed by atoms with Crippen molar-refractivity contribution >= 4 is 11.7 Å². The van der Waals surface area contributed by atoms with Gasteiger partial charge in [0, 0.05) is 24.5 Å². The molecule has 0 saturated carbocycles. The fraction of sp³-hybridized carbons (Fsp3) is 0.294. The Labute approximate surface area is 134 Å². The second kappa shape index (κ2) is 6.56. The first-order valence-corrected chi connectivity index (χ1v) is 7.15. The largest absolute Gasteiger partial charge is 0.460 e. The first-order chi connectivity index (χ1) is 10.7. The van der Waals surface area contributed by atoms with Crippen molar-refractivity contribution in [3.05, 3.63) is 58.4 Å². The Hall–Kier alpha value is -2.76. The molecule has 6 nitrogen and oxygen atoms in total. The van der Waals surface area contributed by atoms with E-state index in [1.165, 1.54) is 12.1 Å². The summed E-state index contributed by atoms with van der Waals surface area (Å²) in [6.45, 7) is 5.34. The highest BCUT2D eigenvalue weighted by molar-refractivity contribution is 5.75. The summed E-state index contributed by atoms with van der Waals surface area (Å²) in [6, 6.07) is 8.15. The summed E-state index contributed by atoms with van der Waals surface area (Å²) in [6.07, 6.45) is 3.21. The number of benzene rings is 1. The van der Waals surface area contributed by atoms with Crippen LogP contribution in [0.25, 0.3) is 11.1 Å². The van der Waals surface area contributed by atoms with Gasteiger partial charge in [0.1, 0.15) is 5.60 Å². The topological polar surface area (TPSA) is 82.3 Å². The molecule has 23 heavy (non-hydrogen) atoms. The Morgan fingerprint density at radius 1 is 1.17 bits per heavy atom. The summed E-state index contributed by atoms with van der Waals surface area (Å²) >= 11 is 0. The molecule has 0 aliphatic heterocycles. The molecule has 0 fully saturated rings. The lowest BCUT2D eigenvalue weighted by Gasteiger charge is -2.19. The Morgan fingerprint density at radius 2 is 1.83 bits per heavy atom. The van der Waals surface area contributed by atoms with Gasteiger partial charge in [-0.1, -0.05) is 6.07 Å². The standard InChI is InChI=1S/C17H18N2O4/c1-17(2,3)23-16(20)10-12-8-14(11-15(9-12)19(21)22)13-4-6-18-7-5-13/h4-9,11H,10H2,1-3H3. The van der Waals surface area contributed by atoms with Gasteiger partial charge in [0.05, 0.1) is 11.3 Å². The van der Waals surface area contributed by atoms with Crippen LogP contribution < -0.4 is 0 Å². The highest BCUT2D eigenvalue weighted by Crippen LogP contribution is 2.26. The predicted molar refractivity (Wildman–Crippen MR) is 85.9 cm³/mol. The van der Waals surface area contributed by atoms with E-state index in [1.54, 1.807) is 51.4 Å². The zero-order valence-electron chi connectivity index (χ0n) is 13.3. The number of nitrogens with zero attached hydrogens (tertiary/aromatic N) is 2. The minimum Gasteiger partial charge on any atom is -0.460 e. The van der Waals surface area contributed by atoms with Crippen LogP contribution in [0, 0.1) is 10.1 Å². The molecular formula is C17H18N2O4. The molecule has 6 heteroatoms. The van der Waals surface area contributed by atoms with Crippen molar-refractivity contribution in [2.24, 2.45) is 0 Å². The summed E-state index contributed by atoms with van der Waals surface area (Å²) in [5, 5.41) is 11.1. The Morgan fingerprint density at radius 3 is 2.39 bits per heavy atom. The van der Waals surface area contributed by atoms with E-state index >= 15 is 0 Å². The molecule has 1 heterocycles. The Kier molecular flexibility index (Phi) is 4.74. The van der Waals surface area contributed by atoms with E-state index in [-0.39, 0.29) is 12.1 Å². The van der Waals surface area contributed by atoms with Gasteiger partial charge < -0.3 is 4.74 Å². The number of esters is 1. The maximum Gasteiger partial charge on any atom is 0.310 e. The average molecular weight is 314 g/mol. The number of carbonyl (C=O) groups is 1. The molecule has 0 saturated heterocycles. The van der Waals surface area contributed by atoms with Gasteiger partial charge in [-0.25, -0.2) is 0 Å². The van der Waals surface area contributed by atoms with Crippen LogP contribution in [0.1, 0.15) is 26.3 Å². The van der Waals surface area contributed by atoms with Gasteiger partial charge in [0.2, 0.25) is 0 Å². The van der Waals surface area contributed by atoms with Crippen molar-refractivity contribution in [2.45, 2.75) is 32.8 Å². The molecule has 0 bridgehead atoms. The highest BCUT2D eigenvalue weighted by atomic mass is 16.6. The van der Waals surface area contributed by atoms with Crippen molar-refractivity contribution in [3.63, 3.8) is 0 Å². The molecule has 1 aromatic heterocycles. The summed E-state index contributed by atoms with van der Waals surface area (Å²) < 4.78 is 5.27. The zero-order chi connectivity index (χ0) is 17.0. The monoisotopic (exact) mass is 314 g/mol. The van der Waals surface area contributed by atoms with E-state index in [2.05, 4.69) is 4.98 Å². The molecule has 2 aromatic rings. The second-order valence-electron chi connectivity index (χ2n) is 6.14. The van der Waals surface area contributed by atoms with E-state index in [9.17, 15) is 14.9 Å². The van der Waals surface area contributed by atoms with Crippen molar-refractivity contribution in [1.82, 2.24) is 4.98 Å². The molecule has 0 spiro atoms. The van der Waals surface area contributed by atoms with Gasteiger partial charge >= 0.3 is 5.97 Å². The number of pyridine rings is 1. The summed E-state index contributed by atoms with van der Waals surface area (Å²) in [5.41, 5.74) is 1.36. The summed E-state index contributed by atoms with van der Waals surface area (Å²) in [7, 11) is 0. The summed E-state index contributed by atoms with van der Waals surface area (Å²) in [4.78, 5) is 26.5. The molecule has 0 aliphatic rings. The minimum atomic E-state index is -0.592. The molecule has 0 atom stereocenters. The lowest BCUT2D eigenvalue weighted by atomic mass is 10.0. The lowest BCUT2D eigenvalue weighted by molar-refractivity contribution is -0.384. The van der Waals surface area contributed by atoms with Crippen LogP contribution in [0.3, 0.4) is 0 Å². The van der Waals surface area contributed by atoms with Gasteiger partial charge in [-0.05, 0) is 49.6 Å². The highest BCUT2D eigenvalue weighted by Gasteiger charge is 2.18. The Balaban J connectivity index is 2.34. The SMILES string of the molecule is CC(C)(C)OC(=O)Cc1cc(-c2ccncc2)cc([N+](=O)[O-])c1. The number of ether oxygens (including phenoxy) is 1. The number of nitro benzene ring substituents is 1. The second-order valence-corrected chi connectivity index (χ2v) is 6.14. The van der Waals surface area contributed by atoms with Crippen LogP contribution in [0.15, 0.2) is 42.7 Å². The Bertz CT molecular complexity index is 721. The molecule has 0 amide bonds. The van der Waals surface area contributed by atoms with E-state index in [0.717, 1.165) is 5.56 Å². The predicted octanol–water partition coefficient (Wildman–Crippen LogP) is 3.54. The van der Waals surface area contributed by atoms with E-state index in [1.807, 2.05) is 0 Å². The van der Waals surface area contributed by atoms with Crippen LogP contribution in [-0.4, -0.2) is 21.5 Å². The molecule has 0 radical (unpaired) electrons. The van der Waals surface area contributed by atoms with E-state index in [4.69, 9.17) is 4.74 Å². The molecule has 1 aromatic carbocycles. The fourth-order valence-electron chi connectivity index (χ4n) is 2.14. The van der Waals surface area contributed by atoms with Crippen molar-refractivity contribution < 1.29 is 14.5 Å². The third-order valence-corrected chi connectivity index (χ3v) is 2.97. The van der Waals surface area contributed by atoms with Crippen LogP contribution in [0.5, 0.6) is 0 Å². The smallest absolute Gasteiger partial charge is 0.310 e. The minimum absolute atomic E-state index is 0.0168. The third-order valence-electron chi connectivity index (χ3n) is 2.97. The normalized spacial score (nSPS) is 11.1. The van der Waals surface area contributed by atoms with Gasteiger partial charge in [0.15, 0.2) is 0 Å². The zero-order valence-corrected chi connectivity index (χ0v) is 13.3. The molecule has 0 unspecified atom stereocenters. The maximum atomic E-state index is 12.0. The number of carbonyl (C=O) groups excluding carboxylic acids is 1. The van der Waals surface area contributed by atoms with Gasteiger partial charge in [-0.3, -0.25) is 19.9 Å². The number of hydrogen-bond donors (Lipinski definition) is 0. The lowest BCUT2D eigenvalue weighted by Crippen LogP contribution is -2.24. The molecule has 0 N–H and O–H groups in total. The van der Waals surface area contributed by atoms with Gasteiger partial charge in [0.25, 0.3) is 5.69 Å². The first kappa shape index (κ1) is 16.6.